The Morgan fingerprint density at radius 3 is 2.38 bits per heavy atom. The second kappa shape index (κ2) is 3.98. The Balaban J connectivity index is 2.83. The number of anilines is 1. The molecule has 0 fully saturated rings. The molecular weight excluding hydrogens is 176 g/mol. The highest BCUT2D eigenvalue weighted by atomic mass is 19.1. The summed E-state index contributed by atoms with van der Waals surface area (Å²) in [6.07, 6.45) is 0. The summed E-state index contributed by atoms with van der Waals surface area (Å²) in [6.45, 7) is -1.05. The van der Waals surface area contributed by atoms with Gasteiger partial charge in [0.2, 0.25) is 0 Å². The van der Waals surface area contributed by atoms with E-state index in [1.54, 1.807) is 0 Å². The zero-order valence-electron chi connectivity index (χ0n) is 7.13. The van der Waals surface area contributed by atoms with Gasteiger partial charge in [-0.1, -0.05) is 0 Å². The van der Waals surface area contributed by atoms with E-state index in [-0.39, 0.29) is 5.82 Å². The van der Waals surface area contributed by atoms with E-state index >= 15 is 0 Å². The van der Waals surface area contributed by atoms with Gasteiger partial charge in [-0.15, -0.1) is 0 Å². The van der Waals surface area contributed by atoms with E-state index in [0.29, 0.717) is 5.69 Å². The Morgan fingerprint density at radius 2 is 1.92 bits per heavy atom. The number of carbonyl (C=O) groups is 1. The van der Waals surface area contributed by atoms with Crippen LogP contribution in [0.1, 0.15) is 0 Å². The van der Waals surface area contributed by atoms with Gasteiger partial charge in [0.1, 0.15) is 5.82 Å². The fourth-order valence-corrected chi connectivity index (χ4v) is 0.898. The maximum atomic E-state index is 12.5. The number of benzene rings is 1. The summed E-state index contributed by atoms with van der Waals surface area (Å²) >= 11 is 0. The molecule has 0 bridgehead atoms. The smallest absolute Gasteiger partial charge is 0.258 e. The molecule has 2 nitrogen and oxygen atoms in total. The van der Waals surface area contributed by atoms with Gasteiger partial charge < -0.3 is 4.90 Å². The van der Waals surface area contributed by atoms with Gasteiger partial charge in [-0.2, -0.15) is 0 Å². The normalized spacial score (nSPS) is 9.77. The predicted molar refractivity (Wildman–Crippen MR) is 45.8 cm³/mol. The molecule has 70 valence electrons. The summed E-state index contributed by atoms with van der Waals surface area (Å²) in [4.78, 5) is 12.0. The third-order valence-electron chi connectivity index (χ3n) is 1.70. The van der Waals surface area contributed by atoms with Crippen molar-refractivity contribution < 1.29 is 13.6 Å². The molecule has 1 aromatic rings. The van der Waals surface area contributed by atoms with Crippen LogP contribution in [0.15, 0.2) is 24.3 Å². The monoisotopic (exact) mass is 185 g/mol. The Hall–Kier alpha value is -1.45. The number of halogens is 2. The van der Waals surface area contributed by atoms with Crippen molar-refractivity contribution in [3.63, 3.8) is 0 Å². The average molecular weight is 185 g/mol. The van der Waals surface area contributed by atoms with E-state index in [0.717, 1.165) is 4.90 Å². The minimum absolute atomic E-state index is 0.384. The fourth-order valence-electron chi connectivity index (χ4n) is 0.898. The maximum Gasteiger partial charge on any atom is 0.258 e. The zero-order chi connectivity index (χ0) is 9.84. The van der Waals surface area contributed by atoms with Gasteiger partial charge in [0, 0.05) is 12.7 Å². The molecule has 1 amide bonds. The van der Waals surface area contributed by atoms with Crippen LogP contribution in [0.4, 0.5) is 14.5 Å². The first-order valence-corrected chi connectivity index (χ1v) is 3.73. The lowest BCUT2D eigenvalue weighted by molar-refractivity contribution is -0.119. The summed E-state index contributed by atoms with van der Waals surface area (Å²) in [5.74, 6) is -1.03. The van der Waals surface area contributed by atoms with Gasteiger partial charge in [0.15, 0.2) is 6.67 Å². The highest BCUT2D eigenvalue weighted by Crippen LogP contribution is 2.12. The van der Waals surface area contributed by atoms with Crippen LogP contribution in [-0.2, 0) is 4.79 Å². The first-order chi connectivity index (χ1) is 6.15. The Bertz CT molecular complexity index is 297. The number of nitrogens with zero attached hydrogens (tertiary/aromatic N) is 1. The number of carbonyl (C=O) groups excluding carboxylic acids is 1. The third-order valence-corrected chi connectivity index (χ3v) is 1.70. The van der Waals surface area contributed by atoms with Crippen molar-refractivity contribution in [1.82, 2.24) is 0 Å². The van der Waals surface area contributed by atoms with Crippen LogP contribution in [0.5, 0.6) is 0 Å². The van der Waals surface area contributed by atoms with Gasteiger partial charge in [-0.05, 0) is 24.3 Å². The number of amides is 1. The lowest BCUT2D eigenvalue weighted by atomic mass is 10.3. The van der Waals surface area contributed by atoms with E-state index in [1.807, 2.05) is 0 Å². The SMILES string of the molecule is CN(C(=O)CF)c1ccc(F)cc1. The Morgan fingerprint density at radius 1 is 1.38 bits per heavy atom. The van der Waals surface area contributed by atoms with Crippen molar-refractivity contribution in [1.29, 1.82) is 0 Å². The molecule has 0 N–H and O–H groups in total. The molecule has 0 aromatic heterocycles. The summed E-state index contributed by atoms with van der Waals surface area (Å²) < 4.78 is 24.4. The molecule has 4 heteroatoms. The molecule has 0 aliphatic rings. The second-order valence-corrected chi connectivity index (χ2v) is 2.56. The number of alkyl halides is 1. The summed E-state index contributed by atoms with van der Waals surface area (Å²) in [6, 6.07) is 5.28. The molecule has 0 radical (unpaired) electrons. The molecule has 0 aliphatic carbocycles. The van der Waals surface area contributed by atoms with E-state index in [1.165, 1.54) is 31.3 Å². The second-order valence-electron chi connectivity index (χ2n) is 2.56. The highest BCUT2D eigenvalue weighted by Gasteiger charge is 2.09. The Kier molecular flexibility index (Phi) is 2.95. The van der Waals surface area contributed by atoms with Gasteiger partial charge in [-0.3, -0.25) is 4.79 Å². The molecule has 0 saturated carbocycles. The first kappa shape index (κ1) is 9.64. The summed E-state index contributed by atoms with van der Waals surface area (Å²) in [5, 5.41) is 0. The van der Waals surface area contributed by atoms with Crippen LogP contribution in [0, 0.1) is 5.82 Å². The van der Waals surface area contributed by atoms with Crippen molar-refractivity contribution in [3.8, 4) is 0 Å². The maximum absolute atomic E-state index is 12.5. The molecule has 0 saturated heterocycles. The molecule has 1 rings (SSSR count). The van der Waals surface area contributed by atoms with Crippen molar-refractivity contribution >= 4 is 11.6 Å². The molecule has 13 heavy (non-hydrogen) atoms. The van der Waals surface area contributed by atoms with Crippen LogP contribution in [-0.4, -0.2) is 19.6 Å². The molecule has 0 aliphatic heterocycles. The minimum atomic E-state index is -1.05. The number of hydrogen-bond acceptors (Lipinski definition) is 1. The zero-order valence-corrected chi connectivity index (χ0v) is 7.13. The van der Waals surface area contributed by atoms with Crippen LogP contribution < -0.4 is 4.90 Å². The minimum Gasteiger partial charge on any atom is -0.313 e. The van der Waals surface area contributed by atoms with Crippen LogP contribution in [0.3, 0.4) is 0 Å². The standard InChI is InChI=1S/C9H9F2NO/c1-12(9(13)6-10)8-4-2-7(11)3-5-8/h2-5H,6H2,1H3. The van der Waals surface area contributed by atoms with Crippen LogP contribution in [0.25, 0.3) is 0 Å². The lowest BCUT2D eigenvalue weighted by Crippen LogP contribution is -2.27. The predicted octanol–water partition coefficient (Wildman–Crippen LogP) is 1.76. The van der Waals surface area contributed by atoms with E-state index in [2.05, 4.69) is 0 Å². The van der Waals surface area contributed by atoms with Gasteiger partial charge in [0.05, 0.1) is 0 Å². The average Bonchev–Trinajstić information content (AvgIpc) is 2.17. The highest BCUT2D eigenvalue weighted by molar-refractivity contribution is 5.93. The van der Waals surface area contributed by atoms with Gasteiger partial charge in [0.25, 0.3) is 5.91 Å². The van der Waals surface area contributed by atoms with Gasteiger partial charge >= 0.3 is 0 Å². The molecule has 1 aromatic carbocycles. The van der Waals surface area contributed by atoms with E-state index in [4.69, 9.17) is 0 Å². The van der Waals surface area contributed by atoms with Crippen LogP contribution in [0.2, 0.25) is 0 Å². The molecule has 0 unspecified atom stereocenters. The fraction of sp³-hybridized carbons (Fsp3) is 0.222. The third kappa shape index (κ3) is 2.24. The summed E-state index contributed by atoms with van der Waals surface area (Å²) in [5.41, 5.74) is 0.476. The van der Waals surface area contributed by atoms with Crippen molar-refractivity contribution in [2.24, 2.45) is 0 Å². The van der Waals surface area contributed by atoms with E-state index < -0.39 is 12.6 Å². The van der Waals surface area contributed by atoms with Crippen molar-refractivity contribution in [2.75, 3.05) is 18.6 Å². The number of hydrogen-bond donors (Lipinski definition) is 0. The van der Waals surface area contributed by atoms with Gasteiger partial charge in [-0.25, -0.2) is 8.78 Å². The van der Waals surface area contributed by atoms with Crippen LogP contribution >= 0.6 is 0 Å². The summed E-state index contributed by atoms with van der Waals surface area (Å²) in [7, 11) is 1.44. The Labute approximate surface area is 74.8 Å². The largest absolute Gasteiger partial charge is 0.313 e. The quantitative estimate of drug-likeness (QED) is 0.687. The topological polar surface area (TPSA) is 20.3 Å². The van der Waals surface area contributed by atoms with Crippen molar-refractivity contribution in [2.45, 2.75) is 0 Å². The lowest BCUT2D eigenvalue weighted by Gasteiger charge is -2.14. The number of rotatable bonds is 2. The molecular formula is C9H9F2NO. The first-order valence-electron chi connectivity index (χ1n) is 3.73. The molecule has 0 spiro atoms. The van der Waals surface area contributed by atoms with E-state index in [9.17, 15) is 13.6 Å². The molecule has 0 heterocycles. The molecule has 0 atom stereocenters. The van der Waals surface area contributed by atoms with Crippen molar-refractivity contribution in [3.05, 3.63) is 30.1 Å².